The minimum Gasteiger partial charge on any atom is -0.491 e. The summed E-state index contributed by atoms with van der Waals surface area (Å²) < 4.78 is 33.4. The van der Waals surface area contributed by atoms with Gasteiger partial charge in [0.05, 0.1) is 6.10 Å². The van der Waals surface area contributed by atoms with Crippen molar-refractivity contribution >= 4 is 17.4 Å². The summed E-state index contributed by atoms with van der Waals surface area (Å²) in [4.78, 5) is 15.7. The standard InChI is InChI=1S/C20H23F2N3O2/c1-14(2)27-16-8-6-15(7-9-16)23-20(26)25-12-10-24(11-13-25)19-17(21)4-3-5-18(19)22/h3-9,14H,10-13H2,1-2H3,(H,23,26). The van der Waals surface area contributed by atoms with Crippen molar-refractivity contribution in [3.05, 3.63) is 54.1 Å². The molecule has 27 heavy (non-hydrogen) atoms. The first kappa shape index (κ1) is 18.9. The molecule has 0 radical (unpaired) electrons. The van der Waals surface area contributed by atoms with E-state index >= 15 is 0 Å². The van der Waals surface area contributed by atoms with Gasteiger partial charge in [0, 0.05) is 31.9 Å². The normalized spacial score (nSPS) is 14.4. The van der Waals surface area contributed by atoms with Crippen LogP contribution in [0, 0.1) is 11.6 Å². The maximum absolute atomic E-state index is 13.9. The molecule has 0 spiro atoms. The first-order valence-corrected chi connectivity index (χ1v) is 8.95. The zero-order chi connectivity index (χ0) is 19.4. The Hall–Kier alpha value is -2.83. The quantitative estimate of drug-likeness (QED) is 0.875. The Kier molecular flexibility index (Phi) is 5.78. The number of ether oxygens (including phenoxy) is 1. The molecule has 0 bridgehead atoms. The fraction of sp³-hybridized carbons (Fsp3) is 0.350. The van der Waals surface area contributed by atoms with Crippen molar-refractivity contribution in [3.63, 3.8) is 0 Å². The minimum atomic E-state index is -0.586. The number of hydrogen-bond donors (Lipinski definition) is 1. The number of benzene rings is 2. The van der Waals surface area contributed by atoms with Crippen molar-refractivity contribution < 1.29 is 18.3 Å². The van der Waals surface area contributed by atoms with Gasteiger partial charge in [-0.05, 0) is 50.2 Å². The molecule has 2 aromatic rings. The molecule has 0 saturated carbocycles. The van der Waals surface area contributed by atoms with Gasteiger partial charge in [0.1, 0.15) is 23.1 Å². The Bertz CT molecular complexity index is 768. The average Bonchev–Trinajstić information content (AvgIpc) is 2.63. The summed E-state index contributed by atoms with van der Waals surface area (Å²) in [6.45, 7) is 5.40. The number of nitrogens with zero attached hydrogens (tertiary/aromatic N) is 2. The molecule has 2 aromatic carbocycles. The summed E-state index contributed by atoms with van der Waals surface area (Å²) in [5.41, 5.74) is 0.636. The Morgan fingerprint density at radius 3 is 2.15 bits per heavy atom. The maximum Gasteiger partial charge on any atom is 0.321 e. The third kappa shape index (κ3) is 4.67. The van der Waals surface area contributed by atoms with E-state index in [0.717, 1.165) is 5.75 Å². The van der Waals surface area contributed by atoms with E-state index in [1.807, 2.05) is 13.8 Å². The van der Waals surface area contributed by atoms with Gasteiger partial charge in [0.25, 0.3) is 0 Å². The summed E-state index contributed by atoms with van der Waals surface area (Å²) >= 11 is 0. The van der Waals surface area contributed by atoms with Crippen molar-refractivity contribution in [1.82, 2.24) is 4.90 Å². The molecule has 5 nitrogen and oxygen atoms in total. The smallest absolute Gasteiger partial charge is 0.321 e. The van der Waals surface area contributed by atoms with Gasteiger partial charge in [-0.25, -0.2) is 13.6 Å². The van der Waals surface area contributed by atoms with E-state index < -0.39 is 11.6 Å². The van der Waals surface area contributed by atoms with Gasteiger partial charge in [-0.15, -0.1) is 0 Å². The largest absolute Gasteiger partial charge is 0.491 e. The van der Waals surface area contributed by atoms with E-state index in [9.17, 15) is 13.6 Å². The molecule has 7 heteroatoms. The van der Waals surface area contributed by atoms with Crippen LogP contribution in [0.4, 0.5) is 25.0 Å². The highest BCUT2D eigenvalue weighted by atomic mass is 19.1. The van der Waals surface area contributed by atoms with Crippen LogP contribution in [0.25, 0.3) is 0 Å². The monoisotopic (exact) mass is 375 g/mol. The van der Waals surface area contributed by atoms with E-state index in [2.05, 4.69) is 5.32 Å². The van der Waals surface area contributed by atoms with Gasteiger partial charge in [0.2, 0.25) is 0 Å². The van der Waals surface area contributed by atoms with E-state index in [4.69, 9.17) is 4.74 Å². The Balaban J connectivity index is 1.55. The molecule has 0 unspecified atom stereocenters. The van der Waals surface area contributed by atoms with Crippen LogP contribution in [0.15, 0.2) is 42.5 Å². The lowest BCUT2D eigenvalue weighted by Crippen LogP contribution is -2.50. The lowest BCUT2D eigenvalue weighted by atomic mass is 10.2. The highest BCUT2D eigenvalue weighted by Crippen LogP contribution is 2.24. The number of carbonyl (C=O) groups excluding carboxylic acids is 1. The first-order valence-electron chi connectivity index (χ1n) is 8.95. The van der Waals surface area contributed by atoms with Crippen molar-refractivity contribution in [2.45, 2.75) is 20.0 Å². The number of nitrogens with one attached hydrogen (secondary N) is 1. The van der Waals surface area contributed by atoms with Gasteiger partial charge >= 0.3 is 6.03 Å². The van der Waals surface area contributed by atoms with Crippen molar-refractivity contribution in [1.29, 1.82) is 0 Å². The number of para-hydroxylation sites is 1. The lowest BCUT2D eigenvalue weighted by molar-refractivity contribution is 0.208. The number of hydrogen-bond acceptors (Lipinski definition) is 3. The molecular weight excluding hydrogens is 352 g/mol. The molecule has 1 heterocycles. The Morgan fingerprint density at radius 1 is 1.00 bits per heavy atom. The molecule has 0 atom stereocenters. The van der Waals surface area contributed by atoms with Gasteiger partial charge in [0.15, 0.2) is 0 Å². The van der Waals surface area contributed by atoms with E-state index in [1.165, 1.54) is 18.2 Å². The summed E-state index contributed by atoms with van der Waals surface area (Å²) in [5.74, 6) is -0.434. The zero-order valence-corrected chi connectivity index (χ0v) is 15.4. The topological polar surface area (TPSA) is 44.8 Å². The predicted octanol–water partition coefficient (Wildman–Crippen LogP) is 4.11. The molecule has 2 amide bonds. The molecule has 3 rings (SSSR count). The first-order chi connectivity index (χ1) is 12.9. The second-order valence-corrected chi connectivity index (χ2v) is 6.67. The molecule has 1 aliphatic rings. The predicted molar refractivity (Wildman–Crippen MR) is 101 cm³/mol. The number of carbonyl (C=O) groups is 1. The number of halogens is 2. The number of urea groups is 1. The van der Waals surface area contributed by atoms with Gasteiger partial charge < -0.3 is 19.9 Å². The summed E-state index contributed by atoms with van der Waals surface area (Å²) in [6, 6.07) is 10.7. The van der Waals surface area contributed by atoms with Crippen molar-refractivity contribution in [3.8, 4) is 5.75 Å². The Labute approximate surface area is 157 Å². The summed E-state index contributed by atoms with van der Waals surface area (Å²) in [7, 11) is 0. The minimum absolute atomic E-state index is 0.0294. The SMILES string of the molecule is CC(C)Oc1ccc(NC(=O)N2CCN(c3c(F)cccc3F)CC2)cc1. The number of rotatable bonds is 4. The van der Waals surface area contributed by atoms with Gasteiger partial charge in [-0.2, -0.15) is 0 Å². The molecule has 144 valence electrons. The van der Waals surface area contributed by atoms with Gasteiger partial charge in [-0.1, -0.05) is 6.07 Å². The van der Waals surface area contributed by atoms with E-state index in [0.29, 0.717) is 31.9 Å². The number of amides is 2. The molecule has 1 fully saturated rings. The summed E-state index contributed by atoms with van der Waals surface area (Å²) in [6.07, 6.45) is 0.0843. The molecule has 1 aliphatic heterocycles. The molecule has 1 N–H and O–H groups in total. The Morgan fingerprint density at radius 2 is 1.59 bits per heavy atom. The van der Waals surface area contributed by atoms with E-state index in [-0.39, 0.29) is 17.8 Å². The highest BCUT2D eigenvalue weighted by molar-refractivity contribution is 5.89. The third-order valence-corrected chi connectivity index (χ3v) is 4.30. The molecule has 0 aromatic heterocycles. The van der Waals surface area contributed by atoms with Gasteiger partial charge in [-0.3, -0.25) is 0 Å². The van der Waals surface area contributed by atoms with Crippen LogP contribution in [0.3, 0.4) is 0 Å². The number of piperazine rings is 1. The lowest BCUT2D eigenvalue weighted by Gasteiger charge is -2.36. The van der Waals surface area contributed by atoms with Crippen LogP contribution in [-0.4, -0.2) is 43.2 Å². The third-order valence-electron chi connectivity index (χ3n) is 4.30. The molecule has 0 aliphatic carbocycles. The maximum atomic E-state index is 13.9. The van der Waals surface area contributed by atoms with Crippen molar-refractivity contribution in [2.75, 3.05) is 36.4 Å². The average molecular weight is 375 g/mol. The fourth-order valence-electron chi connectivity index (χ4n) is 3.02. The highest BCUT2D eigenvalue weighted by Gasteiger charge is 2.24. The summed E-state index contributed by atoms with van der Waals surface area (Å²) in [5, 5.41) is 2.83. The van der Waals surface area contributed by atoms with Crippen molar-refractivity contribution in [2.24, 2.45) is 0 Å². The second-order valence-electron chi connectivity index (χ2n) is 6.67. The van der Waals surface area contributed by atoms with Crippen LogP contribution < -0.4 is 15.0 Å². The van der Waals surface area contributed by atoms with E-state index in [1.54, 1.807) is 34.1 Å². The second kappa shape index (κ2) is 8.24. The zero-order valence-electron chi connectivity index (χ0n) is 15.4. The van der Waals surface area contributed by atoms with Crippen LogP contribution in [0.1, 0.15) is 13.8 Å². The van der Waals surface area contributed by atoms with Crippen LogP contribution >= 0.6 is 0 Å². The number of anilines is 2. The molecular formula is C20H23F2N3O2. The van der Waals surface area contributed by atoms with Crippen LogP contribution in [0.5, 0.6) is 5.75 Å². The molecule has 1 saturated heterocycles. The fourth-order valence-corrected chi connectivity index (χ4v) is 3.02. The van der Waals surface area contributed by atoms with Crippen LogP contribution in [0.2, 0.25) is 0 Å². The van der Waals surface area contributed by atoms with Crippen LogP contribution in [-0.2, 0) is 0 Å².